The number of nitrogens with zero attached hydrogens (tertiary/aromatic N) is 2. The number of para-hydroxylation sites is 1. The van der Waals surface area contributed by atoms with Crippen molar-refractivity contribution in [3.8, 4) is 17.0 Å². The molecule has 0 saturated heterocycles. The van der Waals surface area contributed by atoms with Gasteiger partial charge in [-0.05, 0) is 25.0 Å². The first-order valence-electron chi connectivity index (χ1n) is 8.27. The number of anilines is 1. The predicted octanol–water partition coefficient (Wildman–Crippen LogP) is 3.18. The summed E-state index contributed by atoms with van der Waals surface area (Å²) in [7, 11) is 1.69. The van der Waals surface area contributed by atoms with E-state index in [1.54, 1.807) is 7.11 Å². The topological polar surface area (TPSA) is 73.1 Å². The van der Waals surface area contributed by atoms with Crippen LogP contribution in [-0.4, -0.2) is 30.2 Å². The van der Waals surface area contributed by atoms with E-state index in [4.69, 9.17) is 15.5 Å². The van der Waals surface area contributed by atoms with E-state index < -0.39 is 0 Å². The molecule has 122 valence electrons. The number of rotatable bonds is 6. The highest BCUT2D eigenvalue weighted by molar-refractivity contribution is 5.78. The van der Waals surface area contributed by atoms with E-state index in [0.717, 1.165) is 28.5 Å². The summed E-state index contributed by atoms with van der Waals surface area (Å²) in [5.41, 5.74) is 8.41. The Kier molecular flexibility index (Phi) is 5.08. The summed E-state index contributed by atoms with van der Waals surface area (Å²) in [5.74, 6) is 2.24. The van der Waals surface area contributed by atoms with E-state index in [9.17, 15) is 0 Å². The largest absolute Gasteiger partial charge is 0.496 e. The molecule has 1 heterocycles. The van der Waals surface area contributed by atoms with Gasteiger partial charge in [-0.15, -0.1) is 0 Å². The molecule has 3 rings (SSSR count). The van der Waals surface area contributed by atoms with Gasteiger partial charge in [0.1, 0.15) is 17.3 Å². The van der Waals surface area contributed by atoms with Crippen LogP contribution in [0.1, 0.15) is 37.4 Å². The Bertz CT molecular complexity index is 653. The van der Waals surface area contributed by atoms with Crippen molar-refractivity contribution in [2.45, 2.75) is 31.6 Å². The first-order chi connectivity index (χ1) is 11.3. The number of aromatic nitrogens is 2. The first kappa shape index (κ1) is 15.7. The molecule has 0 bridgehead atoms. The van der Waals surface area contributed by atoms with Gasteiger partial charge >= 0.3 is 0 Å². The molecular weight excluding hydrogens is 288 g/mol. The van der Waals surface area contributed by atoms with Crippen LogP contribution in [0.2, 0.25) is 0 Å². The molecule has 3 N–H and O–H groups in total. The van der Waals surface area contributed by atoms with Gasteiger partial charge in [0.15, 0.2) is 0 Å². The third kappa shape index (κ3) is 3.45. The molecule has 5 nitrogen and oxygen atoms in total. The summed E-state index contributed by atoms with van der Waals surface area (Å²) in [6.45, 7) is 1.25. The smallest absolute Gasteiger partial charge is 0.132 e. The normalized spacial score (nSPS) is 14.9. The summed E-state index contributed by atoms with van der Waals surface area (Å²) in [5, 5.41) is 3.32. The minimum absolute atomic E-state index is 0.479. The fraction of sp³-hybridized carbons (Fsp3) is 0.444. The quantitative estimate of drug-likeness (QED) is 0.857. The van der Waals surface area contributed by atoms with E-state index in [0.29, 0.717) is 19.0 Å². The lowest BCUT2D eigenvalue weighted by Gasteiger charge is -2.16. The molecule has 0 atom stereocenters. The Morgan fingerprint density at radius 3 is 2.78 bits per heavy atom. The van der Waals surface area contributed by atoms with E-state index in [2.05, 4.69) is 10.3 Å². The average molecular weight is 312 g/mol. The zero-order valence-corrected chi connectivity index (χ0v) is 13.6. The van der Waals surface area contributed by atoms with Crippen LogP contribution in [0, 0.1) is 0 Å². The minimum Gasteiger partial charge on any atom is -0.496 e. The Balaban J connectivity index is 2.04. The molecule has 0 aliphatic heterocycles. The van der Waals surface area contributed by atoms with E-state index >= 15 is 0 Å². The zero-order valence-electron chi connectivity index (χ0n) is 13.6. The Morgan fingerprint density at radius 1 is 1.26 bits per heavy atom. The summed E-state index contributed by atoms with van der Waals surface area (Å²) >= 11 is 0. The molecule has 1 aliphatic carbocycles. The number of hydrogen-bond donors (Lipinski definition) is 2. The maximum absolute atomic E-state index is 5.62. The molecule has 0 unspecified atom stereocenters. The van der Waals surface area contributed by atoms with Crippen molar-refractivity contribution in [2.24, 2.45) is 5.73 Å². The third-order valence-corrected chi connectivity index (χ3v) is 4.35. The lowest BCUT2D eigenvalue weighted by Crippen LogP contribution is -2.15. The van der Waals surface area contributed by atoms with E-state index in [-0.39, 0.29) is 0 Å². The molecule has 1 aromatic heterocycles. The van der Waals surface area contributed by atoms with Crippen LogP contribution in [0.4, 0.5) is 5.69 Å². The summed E-state index contributed by atoms with van der Waals surface area (Å²) in [6.07, 6.45) is 6.79. The van der Waals surface area contributed by atoms with Crippen molar-refractivity contribution in [2.75, 3.05) is 25.5 Å². The van der Waals surface area contributed by atoms with Crippen molar-refractivity contribution in [3.05, 3.63) is 36.3 Å². The van der Waals surface area contributed by atoms with Crippen LogP contribution in [0.5, 0.6) is 5.75 Å². The Labute approximate surface area is 137 Å². The molecule has 5 heteroatoms. The highest BCUT2D eigenvalue weighted by Gasteiger charge is 2.22. The van der Waals surface area contributed by atoms with Crippen molar-refractivity contribution in [1.82, 2.24) is 9.97 Å². The second-order valence-electron chi connectivity index (χ2n) is 5.89. The number of nitrogens with two attached hydrogens (primary N) is 1. The number of nitrogens with one attached hydrogen (secondary N) is 1. The van der Waals surface area contributed by atoms with Crippen LogP contribution in [-0.2, 0) is 0 Å². The van der Waals surface area contributed by atoms with Gasteiger partial charge in [0.25, 0.3) is 0 Å². The first-order valence-corrected chi connectivity index (χ1v) is 8.27. The predicted molar refractivity (Wildman–Crippen MR) is 92.8 cm³/mol. The van der Waals surface area contributed by atoms with Crippen LogP contribution in [0.3, 0.4) is 0 Å². The van der Waals surface area contributed by atoms with Gasteiger partial charge in [0.05, 0.1) is 19.0 Å². The van der Waals surface area contributed by atoms with Crippen LogP contribution in [0.15, 0.2) is 30.5 Å². The lowest BCUT2D eigenvalue weighted by atomic mass is 10.1. The molecule has 23 heavy (non-hydrogen) atoms. The minimum atomic E-state index is 0.479. The average Bonchev–Trinajstić information content (AvgIpc) is 3.14. The molecular formula is C18H24N4O. The monoisotopic (exact) mass is 312 g/mol. The van der Waals surface area contributed by atoms with Crippen molar-refractivity contribution in [1.29, 1.82) is 0 Å². The maximum Gasteiger partial charge on any atom is 0.132 e. The standard InChI is InChI=1S/C18H24N4O/c1-23-16-9-5-4-8-14(16)17-15(20-11-10-19)12-21-18(22-17)13-6-2-3-7-13/h4-5,8-9,12-13,20H,2-3,6-7,10-11,19H2,1H3. The SMILES string of the molecule is COc1ccccc1-c1nc(C2CCCC2)ncc1NCCN. The van der Waals surface area contributed by atoms with E-state index in [1.807, 2.05) is 30.5 Å². The number of ether oxygens (including phenoxy) is 1. The Morgan fingerprint density at radius 2 is 2.04 bits per heavy atom. The highest BCUT2D eigenvalue weighted by atomic mass is 16.5. The summed E-state index contributed by atoms with van der Waals surface area (Å²) in [4.78, 5) is 9.49. The van der Waals surface area contributed by atoms with Gasteiger partial charge in [0, 0.05) is 24.6 Å². The summed E-state index contributed by atoms with van der Waals surface area (Å²) in [6, 6.07) is 7.96. The molecule has 0 spiro atoms. The van der Waals surface area contributed by atoms with Crippen LogP contribution < -0.4 is 15.8 Å². The number of benzene rings is 1. The second kappa shape index (κ2) is 7.42. The van der Waals surface area contributed by atoms with Gasteiger partial charge in [0.2, 0.25) is 0 Å². The molecule has 1 saturated carbocycles. The van der Waals surface area contributed by atoms with Gasteiger partial charge in [-0.25, -0.2) is 9.97 Å². The molecule has 2 aromatic rings. The van der Waals surface area contributed by atoms with Crippen LogP contribution >= 0.6 is 0 Å². The second-order valence-corrected chi connectivity index (χ2v) is 5.89. The zero-order chi connectivity index (χ0) is 16.1. The fourth-order valence-corrected chi connectivity index (χ4v) is 3.16. The number of methoxy groups -OCH3 is 1. The van der Waals surface area contributed by atoms with Crippen molar-refractivity contribution in [3.63, 3.8) is 0 Å². The molecule has 1 aliphatic rings. The molecule has 0 amide bonds. The van der Waals surface area contributed by atoms with Crippen molar-refractivity contribution < 1.29 is 4.74 Å². The van der Waals surface area contributed by atoms with Gasteiger partial charge in [-0.2, -0.15) is 0 Å². The number of hydrogen-bond acceptors (Lipinski definition) is 5. The fourth-order valence-electron chi connectivity index (χ4n) is 3.16. The van der Waals surface area contributed by atoms with Gasteiger partial charge < -0.3 is 15.8 Å². The van der Waals surface area contributed by atoms with Gasteiger partial charge in [-0.3, -0.25) is 0 Å². The molecule has 1 fully saturated rings. The van der Waals surface area contributed by atoms with Crippen molar-refractivity contribution >= 4 is 5.69 Å². The van der Waals surface area contributed by atoms with Gasteiger partial charge in [-0.1, -0.05) is 25.0 Å². The lowest BCUT2D eigenvalue weighted by molar-refractivity contribution is 0.416. The highest BCUT2D eigenvalue weighted by Crippen LogP contribution is 2.37. The third-order valence-electron chi connectivity index (χ3n) is 4.35. The Hall–Kier alpha value is -2.14. The van der Waals surface area contributed by atoms with E-state index in [1.165, 1.54) is 25.7 Å². The molecule has 0 radical (unpaired) electrons. The molecule has 1 aromatic carbocycles. The van der Waals surface area contributed by atoms with Crippen LogP contribution in [0.25, 0.3) is 11.3 Å². The summed E-state index contributed by atoms with van der Waals surface area (Å²) < 4.78 is 5.51. The maximum atomic E-state index is 5.62.